The summed E-state index contributed by atoms with van der Waals surface area (Å²) in [7, 11) is 1.59. The van der Waals surface area contributed by atoms with E-state index < -0.39 is 0 Å². The van der Waals surface area contributed by atoms with Gasteiger partial charge in [0, 0.05) is 11.4 Å². The van der Waals surface area contributed by atoms with Crippen molar-refractivity contribution in [3.05, 3.63) is 77.8 Å². The Morgan fingerprint density at radius 3 is 2.50 bits per heavy atom. The zero-order valence-corrected chi connectivity index (χ0v) is 19.8. The molecule has 0 spiro atoms. The van der Waals surface area contributed by atoms with Crippen molar-refractivity contribution in [1.82, 2.24) is 14.8 Å². The van der Waals surface area contributed by atoms with Gasteiger partial charge in [-0.05, 0) is 54.6 Å². The topological polar surface area (TPSA) is 75.5 Å². The highest BCUT2D eigenvalue weighted by Crippen LogP contribution is 2.37. The quantitative estimate of drug-likeness (QED) is 0.301. The number of esters is 1. The summed E-state index contributed by atoms with van der Waals surface area (Å²) in [6, 6.07) is 22.5. The van der Waals surface area contributed by atoms with Crippen LogP contribution in [0.15, 0.2) is 78.0 Å². The molecule has 9 heteroatoms. The van der Waals surface area contributed by atoms with E-state index in [1.54, 1.807) is 25.3 Å². The normalized spacial score (nSPS) is 15.2. The first-order chi connectivity index (χ1) is 16.6. The highest BCUT2D eigenvalue weighted by Gasteiger charge is 2.31. The Morgan fingerprint density at radius 1 is 1.03 bits per heavy atom. The molecule has 0 saturated carbocycles. The molecule has 0 radical (unpaired) electrons. The lowest BCUT2D eigenvalue weighted by Crippen LogP contribution is -2.11. The smallest absolute Gasteiger partial charge is 0.319 e. The van der Waals surface area contributed by atoms with E-state index in [0.29, 0.717) is 46.1 Å². The van der Waals surface area contributed by atoms with Crippen LogP contribution in [0.25, 0.3) is 17.1 Å². The Bertz CT molecular complexity index is 1310. The van der Waals surface area contributed by atoms with Crippen LogP contribution in [0.1, 0.15) is 6.42 Å². The molecule has 0 unspecified atom stereocenters. The average Bonchev–Trinajstić information content (AvgIpc) is 3.46. The summed E-state index contributed by atoms with van der Waals surface area (Å²) in [5, 5.41) is 9.62. The number of cyclic esters (lactones) is 1. The molecule has 172 valence electrons. The van der Waals surface area contributed by atoms with E-state index in [4.69, 9.17) is 25.8 Å². The number of carbonyl (C=O) groups excluding carboxylic acids is 1. The highest BCUT2D eigenvalue weighted by atomic mass is 35.5. The first kappa shape index (κ1) is 22.3. The molecule has 34 heavy (non-hydrogen) atoms. The minimum absolute atomic E-state index is 0.243. The first-order valence-corrected chi connectivity index (χ1v) is 11.8. The number of rotatable bonds is 7. The third-order valence-electron chi connectivity index (χ3n) is 5.24. The average molecular weight is 494 g/mol. The molecule has 0 amide bonds. The molecule has 4 aromatic rings. The molecule has 1 aliphatic heterocycles. The third kappa shape index (κ3) is 4.60. The Kier molecular flexibility index (Phi) is 6.42. The summed E-state index contributed by atoms with van der Waals surface area (Å²) in [6.07, 6.45) is 0.621. The second-order valence-electron chi connectivity index (χ2n) is 7.46. The Morgan fingerprint density at radius 2 is 1.79 bits per heavy atom. The van der Waals surface area contributed by atoms with E-state index >= 15 is 0 Å². The van der Waals surface area contributed by atoms with Gasteiger partial charge in [0.05, 0.1) is 25.0 Å². The summed E-state index contributed by atoms with van der Waals surface area (Å²) < 4.78 is 18.5. The molecular weight excluding hydrogens is 474 g/mol. The molecule has 0 bridgehead atoms. The van der Waals surface area contributed by atoms with Gasteiger partial charge in [-0.25, -0.2) is 0 Å². The molecule has 0 aliphatic carbocycles. The number of para-hydroxylation sites is 1. The maximum Gasteiger partial charge on any atom is 0.319 e. The van der Waals surface area contributed by atoms with Crippen molar-refractivity contribution >= 4 is 29.3 Å². The predicted molar refractivity (Wildman–Crippen MR) is 130 cm³/mol. The molecule has 1 saturated heterocycles. The predicted octanol–water partition coefficient (Wildman–Crippen LogP) is 5.80. The minimum atomic E-state index is -0.335. The third-order valence-corrected chi connectivity index (χ3v) is 6.67. The molecular formula is C25H20ClN3O4S. The molecule has 1 aromatic heterocycles. The Hall–Kier alpha value is -3.49. The SMILES string of the molecule is COc1ccc(Cl)cc1-c1nnc(S[C@H]2CCOC2=O)n1-c1ccc(Oc2ccccc2)cc1. The van der Waals surface area contributed by atoms with E-state index in [1.807, 2.05) is 59.2 Å². The lowest BCUT2D eigenvalue weighted by Gasteiger charge is -2.14. The molecule has 5 rings (SSSR count). The zero-order chi connectivity index (χ0) is 23.5. The van der Waals surface area contributed by atoms with Crippen LogP contribution < -0.4 is 9.47 Å². The van der Waals surface area contributed by atoms with Crippen molar-refractivity contribution in [2.24, 2.45) is 0 Å². The fourth-order valence-corrected chi connectivity index (χ4v) is 4.80. The van der Waals surface area contributed by atoms with Crippen LogP contribution in [0, 0.1) is 0 Å². The highest BCUT2D eigenvalue weighted by molar-refractivity contribution is 8.00. The van der Waals surface area contributed by atoms with Crippen molar-refractivity contribution in [3.63, 3.8) is 0 Å². The maximum atomic E-state index is 12.1. The van der Waals surface area contributed by atoms with Gasteiger partial charge in [0.15, 0.2) is 11.0 Å². The largest absolute Gasteiger partial charge is 0.496 e. The van der Waals surface area contributed by atoms with Crippen molar-refractivity contribution in [3.8, 4) is 34.3 Å². The minimum Gasteiger partial charge on any atom is -0.496 e. The number of ether oxygens (including phenoxy) is 3. The standard InChI is InChI=1S/C25H20ClN3O4S/c1-31-21-12-7-16(26)15-20(21)23-27-28-25(34-22-13-14-32-24(22)30)29(23)17-8-10-19(11-9-17)33-18-5-3-2-4-6-18/h2-12,15,22H,13-14H2,1H3/t22-/m0/s1. The number of nitrogens with zero attached hydrogens (tertiary/aromatic N) is 3. The van der Waals surface area contributed by atoms with Crippen LogP contribution in [-0.4, -0.2) is 39.7 Å². The summed E-state index contributed by atoms with van der Waals surface area (Å²) in [5.41, 5.74) is 1.49. The van der Waals surface area contributed by atoms with E-state index in [2.05, 4.69) is 10.2 Å². The summed E-state index contributed by atoms with van der Waals surface area (Å²) >= 11 is 7.62. The number of carbonyl (C=O) groups is 1. The number of halogens is 1. The van der Waals surface area contributed by atoms with Gasteiger partial charge in [0.25, 0.3) is 0 Å². The van der Waals surface area contributed by atoms with Crippen LogP contribution in [0.3, 0.4) is 0 Å². The fourth-order valence-electron chi connectivity index (χ4n) is 3.61. The monoisotopic (exact) mass is 493 g/mol. The van der Waals surface area contributed by atoms with Gasteiger partial charge >= 0.3 is 5.97 Å². The van der Waals surface area contributed by atoms with Gasteiger partial charge in [-0.1, -0.05) is 41.6 Å². The van der Waals surface area contributed by atoms with Crippen LogP contribution in [0.4, 0.5) is 0 Å². The number of thioether (sulfide) groups is 1. The molecule has 1 aliphatic rings. The lowest BCUT2D eigenvalue weighted by molar-refractivity contribution is -0.137. The Balaban J connectivity index is 1.55. The van der Waals surface area contributed by atoms with E-state index in [1.165, 1.54) is 11.8 Å². The second kappa shape index (κ2) is 9.79. The molecule has 3 aromatic carbocycles. The second-order valence-corrected chi connectivity index (χ2v) is 9.06. The van der Waals surface area contributed by atoms with Crippen molar-refractivity contribution in [2.45, 2.75) is 16.8 Å². The molecule has 1 atom stereocenters. The van der Waals surface area contributed by atoms with Crippen molar-refractivity contribution in [2.75, 3.05) is 13.7 Å². The van der Waals surface area contributed by atoms with Crippen LogP contribution in [-0.2, 0) is 9.53 Å². The van der Waals surface area contributed by atoms with Crippen LogP contribution >= 0.6 is 23.4 Å². The lowest BCUT2D eigenvalue weighted by atomic mass is 10.2. The van der Waals surface area contributed by atoms with Gasteiger partial charge in [-0.2, -0.15) is 0 Å². The van der Waals surface area contributed by atoms with Gasteiger partial charge in [0.1, 0.15) is 22.5 Å². The summed E-state index contributed by atoms with van der Waals surface area (Å²) in [5.74, 6) is 2.36. The zero-order valence-electron chi connectivity index (χ0n) is 18.2. The van der Waals surface area contributed by atoms with E-state index in [9.17, 15) is 4.79 Å². The van der Waals surface area contributed by atoms with Crippen molar-refractivity contribution < 1.29 is 19.0 Å². The van der Waals surface area contributed by atoms with E-state index in [0.717, 1.165) is 11.4 Å². The van der Waals surface area contributed by atoms with Crippen LogP contribution in [0.2, 0.25) is 5.02 Å². The van der Waals surface area contributed by atoms with Gasteiger partial charge in [0.2, 0.25) is 0 Å². The number of aromatic nitrogens is 3. The number of benzene rings is 3. The van der Waals surface area contributed by atoms with Crippen molar-refractivity contribution in [1.29, 1.82) is 0 Å². The first-order valence-electron chi connectivity index (χ1n) is 10.6. The number of hydrogen-bond acceptors (Lipinski definition) is 7. The molecule has 2 heterocycles. The maximum absolute atomic E-state index is 12.1. The van der Waals surface area contributed by atoms with Gasteiger partial charge in [-0.15, -0.1) is 10.2 Å². The Labute approximate surface area is 205 Å². The summed E-state index contributed by atoms with van der Waals surface area (Å²) in [4.78, 5) is 12.1. The van der Waals surface area contributed by atoms with Crippen LogP contribution in [0.5, 0.6) is 17.2 Å². The van der Waals surface area contributed by atoms with Gasteiger partial charge in [-0.3, -0.25) is 9.36 Å². The number of methoxy groups -OCH3 is 1. The molecule has 0 N–H and O–H groups in total. The molecule has 1 fully saturated rings. The van der Waals surface area contributed by atoms with Gasteiger partial charge < -0.3 is 14.2 Å². The fraction of sp³-hybridized carbons (Fsp3) is 0.160. The van der Waals surface area contributed by atoms with E-state index in [-0.39, 0.29) is 11.2 Å². The number of hydrogen-bond donors (Lipinski definition) is 0. The molecule has 7 nitrogen and oxygen atoms in total. The summed E-state index contributed by atoms with van der Waals surface area (Å²) in [6.45, 7) is 0.408.